The molecule has 0 fully saturated rings. The number of hydrogen-bond donors (Lipinski definition) is 1. The fourth-order valence-electron chi connectivity index (χ4n) is 3.73. The van der Waals surface area contributed by atoms with Gasteiger partial charge >= 0.3 is 0 Å². The number of halogens is 1. The van der Waals surface area contributed by atoms with Crippen molar-refractivity contribution in [1.82, 2.24) is 4.98 Å². The van der Waals surface area contributed by atoms with Gasteiger partial charge in [-0.3, -0.25) is 0 Å². The van der Waals surface area contributed by atoms with Gasteiger partial charge in [-0.05, 0) is 46.8 Å². The normalized spacial score (nSPS) is 11.2. The fraction of sp³-hybridized carbons (Fsp3) is 0. The summed E-state index contributed by atoms with van der Waals surface area (Å²) < 4.78 is 0. The van der Waals surface area contributed by atoms with E-state index in [1.807, 2.05) is 66.7 Å². The summed E-state index contributed by atoms with van der Waals surface area (Å²) in [6.45, 7) is 0. The predicted octanol–water partition coefficient (Wildman–Crippen LogP) is 7.08. The lowest BCUT2D eigenvalue weighted by Gasteiger charge is -2.13. The van der Waals surface area contributed by atoms with Crippen molar-refractivity contribution in [2.75, 3.05) is 0 Å². The van der Waals surface area contributed by atoms with Crippen LogP contribution in [0.25, 0.3) is 44.1 Å². The zero-order valence-corrected chi connectivity index (χ0v) is 15.7. The Balaban J connectivity index is 1.87. The van der Waals surface area contributed by atoms with Gasteiger partial charge in [-0.25, -0.2) is 4.98 Å². The molecule has 28 heavy (non-hydrogen) atoms. The van der Waals surface area contributed by atoms with Crippen LogP contribution in [-0.4, -0.2) is 10.1 Å². The van der Waals surface area contributed by atoms with Crippen molar-refractivity contribution in [3.05, 3.63) is 96.0 Å². The number of rotatable bonds is 2. The number of hydrogen-bond acceptors (Lipinski definition) is 2. The second kappa shape index (κ2) is 6.66. The van der Waals surface area contributed by atoms with Gasteiger partial charge in [0, 0.05) is 21.4 Å². The first-order valence-electron chi connectivity index (χ1n) is 9.07. The van der Waals surface area contributed by atoms with Gasteiger partial charge in [0.15, 0.2) is 0 Å². The summed E-state index contributed by atoms with van der Waals surface area (Å²) in [5.41, 5.74) is 4.76. The summed E-state index contributed by atoms with van der Waals surface area (Å²) in [7, 11) is 0. The highest BCUT2D eigenvalue weighted by Crippen LogP contribution is 2.38. The summed E-state index contributed by atoms with van der Waals surface area (Å²) in [5.74, 6) is 0.257. The van der Waals surface area contributed by atoms with E-state index in [0.29, 0.717) is 5.02 Å². The zero-order valence-electron chi connectivity index (χ0n) is 14.9. The molecule has 2 nitrogen and oxygen atoms in total. The SMILES string of the molecule is Oc1cccc2cccc(-c3cc(-c4ccccc4)c4cc(Cl)ccc4n3)c12. The Labute approximate surface area is 167 Å². The summed E-state index contributed by atoms with van der Waals surface area (Å²) in [4.78, 5) is 4.89. The molecule has 4 aromatic carbocycles. The largest absolute Gasteiger partial charge is 0.507 e. The molecule has 5 rings (SSSR count). The Morgan fingerprint density at radius 3 is 2.32 bits per heavy atom. The van der Waals surface area contributed by atoms with E-state index in [9.17, 15) is 5.11 Å². The third kappa shape index (κ3) is 2.79. The molecule has 0 saturated carbocycles. The first-order valence-corrected chi connectivity index (χ1v) is 9.45. The first-order chi connectivity index (χ1) is 13.7. The zero-order chi connectivity index (χ0) is 19.1. The number of nitrogens with zero attached hydrogens (tertiary/aromatic N) is 1. The number of aromatic hydroxyl groups is 1. The molecule has 1 heterocycles. The minimum Gasteiger partial charge on any atom is -0.507 e. The van der Waals surface area contributed by atoms with Gasteiger partial charge in [-0.1, -0.05) is 72.3 Å². The molecule has 5 aromatic rings. The van der Waals surface area contributed by atoms with E-state index in [1.54, 1.807) is 6.07 Å². The van der Waals surface area contributed by atoms with E-state index >= 15 is 0 Å². The van der Waals surface area contributed by atoms with Gasteiger partial charge in [-0.15, -0.1) is 0 Å². The molecule has 0 unspecified atom stereocenters. The molecule has 1 aromatic heterocycles. The highest BCUT2D eigenvalue weighted by atomic mass is 35.5. The maximum atomic E-state index is 10.5. The maximum Gasteiger partial charge on any atom is 0.124 e. The van der Waals surface area contributed by atoms with Crippen molar-refractivity contribution in [3.8, 4) is 28.1 Å². The van der Waals surface area contributed by atoms with Crippen molar-refractivity contribution >= 4 is 33.3 Å². The van der Waals surface area contributed by atoms with Crippen LogP contribution in [0, 0.1) is 0 Å². The van der Waals surface area contributed by atoms with Crippen LogP contribution in [0.3, 0.4) is 0 Å². The minimum atomic E-state index is 0.257. The molecule has 0 saturated heterocycles. The van der Waals surface area contributed by atoms with Crippen LogP contribution in [0.4, 0.5) is 0 Å². The van der Waals surface area contributed by atoms with Crippen molar-refractivity contribution in [2.45, 2.75) is 0 Å². The lowest BCUT2D eigenvalue weighted by atomic mass is 9.96. The molecule has 0 aliphatic rings. The number of phenols is 1. The molecular formula is C25H16ClNO. The van der Waals surface area contributed by atoms with E-state index in [1.165, 1.54) is 0 Å². The Bertz CT molecular complexity index is 1320. The van der Waals surface area contributed by atoms with E-state index in [4.69, 9.17) is 16.6 Å². The van der Waals surface area contributed by atoms with Crippen LogP contribution >= 0.6 is 11.6 Å². The number of benzene rings is 4. The van der Waals surface area contributed by atoms with Gasteiger partial charge in [0.1, 0.15) is 5.75 Å². The number of aromatic nitrogens is 1. The smallest absolute Gasteiger partial charge is 0.124 e. The van der Waals surface area contributed by atoms with Crippen molar-refractivity contribution in [3.63, 3.8) is 0 Å². The Kier molecular flexibility index (Phi) is 4.00. The maximum absolute atomic E-state index is 10.5. The highest BCUT2D eigenvalue weighted by Gasteiger charge is 2.13. The van der Waals surface area contributed by atoms with Crippen LogP contribution in [-0.2, 0) is 0 Å². The molecule has 1 N–H and O–H groups in total. The molecule has 0 amide bonds. The van der Waals surface area contributed by atoms with Crippen molar-refractivity contribution in [1.29, 1.82) is 0 Å². The molecule has 134 valence electrons. The number of fused-ring (bicyclic) bond motifs is 2. The monoisotopic (exact) mass is 381 g/mol. The second-order valence-electron chi connectivity index (χ2n) is 6.76. The van der Waals surface area contributed by atoms with E-state index in [0.717, 1.165) is 44.1 Å². The van der Waals surface area contributed by atoms with Crippen molar-refractivity contribution < 1.29 is 5.11 Å². The van der Waals surface area contributed by atoms with E-state index in [2.05, 4.69) is 18.2 Å². The summed E-state index contributed by atoms with van der Waals surface area (Å²) in [6, 6.07) is 29.6. The standard InChI is InChI=1S/C25H16ClNO/c26-18-12-13-22-21(14-18)20(16-6-2-1-3-7-16)15-23(27-22)19-10-4-8-17-9-5-11-24(28)25(17)19/h1-15,28H. The summed E-state index contributed by atoms with van der Waals surface area (Å²) in [5, 5.41) is 14.0. The molecule has 0 atom stereocenters. The number of phenolic OH excluding ortho intramolecular Hbond substituents is 1. The molecule has 0 radical (unpaired) electrons. The van der Waals surface area contributed by atoms with Crippen LogP contribution in [0.2, 0.25) is 5.02 Å². The fourth-order valence-corrected chi connectivity index (χ4v) is 3.90. The highest BCUT2D eigenvalue weighted by molar-refractivity contribution is 6.31. The van der Waals surface area contributed by atoms with Crippen LogP contribution in [0.5, 0.6) is 5.75 Å². The Morgan fingerprint density at radius 2 is 1.50 bits per heavy atom. The van der Waals surface area contributed by atoms with Gasteiger partial charge in [-0.2, -0.15) is 0 Å². The Morgan fingerprint density at radius 1 is 0.714 bits per heavy atom. The van der Waals surface area contributed by atoms with E-state index < -0.39 is 0 Å². The number of pyridine rings is 1. The molecule has 3 heteroatoms. The predicted molar refractivity (Wildman–Crippen MR) is 117 cm³/mol. The van der Waals surface area contributed by atoms with Gasteiger partial charge in [0.25, 0.3) is 0 Å². The van der Waals surface area contributed by atoms with Crippen LogP contribution < -0.4 is 0 Å². The van der Waals surface area contributed by atoms with Crippen LogP contribution in [0.15, 0.2) is 91.0 Å². The summed E-state index contributed by atoms with van der Waals surface area (Å²) in [6.07, 6.45) is 0. The first kappa shape index (κ1) is 16.8. The Hall–Kier alpha value is -3.36. The average molecular weight is 382 g/mol. The quantitative estimate of drug-likeness (QED) is 0.354. The second-order valence-corrected chi connectivity index (χ2v) is 7.20. The van der Waals surface area contributed by atoms with E-state index in [-0.39, 0.29) is 5.75 Å². The average Bonchev–Trinajstić information content (AvgIpc) is 2.73. The molecule has 0 spiro atoms. The lowest BCUT2D eigenvalue weighted by Crippen LogP contribution is -1.91. The third-order valence-electron chi connectivity index (χ3n) is 5.01. The van der Waals surface area contributed by atoms with Gasteiger partial charge in [0.05, 0.1) is 11.2 Å². The van der Waals surface area contributed by atoms with Crippen LogP contribution in [0.1, 0.15) is 0 Å². The van der Waals surface area contributed by atoms with Crippen molar-refractivity contribution in [2.24, 2.45) is 0 Å². The summed E-state index contributed by atoms with van der Waals surface area (Å²) >= 11 is 6.27. The third-order valence-corrected chi connectivity index (χ3v) is 5.25. The lowest BCUT2D eigenvalue weighted by molar-refractivity contribution is 0.482. The van der Waals surface area contributed by atoms with Gasteiger partial charge in [0.2, 0.25) is 0 Å². The molecular weight excluding hydrogens is 366 g/mol. The molecule has 0 aliphatic heterocycles. The topological polar surface area (TPSA) is 33.1 Å². The molecule has 0 bridgehead atoms. The minimum absolute atomic E-state index is 0.257. The molecule has 0 aliphatic carbocycles. The van der Waals surface area contributed by atoms with Gasteiger partial charge < -0.3 is 5.11 Å².